The van der Waals surface area contributed by atoms with E-state index in [9.17, 15) is 4.79 Å². The molecule has 0 aromatic heterocycles. The van der Waals surface area contributed by atoms with Gasteiger partial charge in [-0.05, 0) is 30.0 Å². The number of benzene rings is 1. The molecule has 1 aromatic rings. The molecule has 0 saturated carbocycles. The van der Waals surface area contributed by atoms with Crippen molar-refractivity contribution in [1.82, 2.24) is 5.32 Å². The van der Waals surface area contributed by atoms with E-state index < -0.39 is 6.04 Å². The summed E-state index contributed by atoms with van der Waals surface area (Å²) in [5, 5.41) is 2.94. The highest BCUT2D eigenvalue weighted by molar-refractivity contribution is 5.82. The Morgan fingerprint density at radius 2 is 1.79 bits per heavy atom. The van der Waals surface area contributed by atoms with Crippen LogP contribution in [0.3, 0.4) is 0 Å². The van der Waals surface area contributed by atoms with Crippen LogP contribution in [0.1, 0.15) is 39.3 Å². The fourth-order valence-electron chi connectivity index (χ4n) is 1.67. The lowest BCUT2D eigenvalue weighted by Crippen LogP contribution is -2.49. The Morgan fingerprint density at radius 3 is 2.21 bits per heavy atom. The maximum atomic E-state index is 12.0. The van der Waals surface area contributed by atoms with Crippen LogP contribution in [0.4, 0.5) is 0 Å². The molecule has 0 saturated heterocycles. The monoisotopic (exact) mass is 264 g/mol. The number of amides is 1. The van der Waals surface area contributed by atoms with Crippen molar-refractivity contribution in [2.45, 2.75) is 39.8 Å². The summed E-state index contributed by atoms with van der Waals surface area (Å²) in [6.07, 6.45) is 0. The maximum absolute atomic E-state index is 12.0. The lowest BCUT2D eigenvalue weighted by molar-refractivity contribution is -0.125. The highest BCUT2D eigenvalue weighted by Crippen LogP contribution is 2.20. The molecule has 19 heavy (non-hydrogen) atoms. The summed E-state index contributed by atoms with van der Waals surface area (Å²) in [5.41, 5.74) is 6.71. The molecule has 1 rings (SSSR count). The Hall–Kier alpha value is -1.55. The molecule has 0 heterocycles. The molecule has 1 aromatic carbocycles. The fraction of sp³-hybridized carbons (Fsp3) is 0.533. The standard InChI is InChI=1S/C15H24N2O2/c1-10(11-6-8-12(19-5)9-7-11)17-14(18)13(16)15(2,3)4/h6-10,13H,16H2,1-5H3,(H,17,18)/t10-,13+/m0/s1. The molecule has 0 spiro atoms. The van der Waals surface area contributed by atoms with E-state index in [0.717, 1.165) is 11.3 Å². The third-order valence-electron chi connectivity index (χ3n) is 3.19. The number of carbonyl (C=O) groups excluding carboxylic acids is 1. The SMILES string of the molecule is COc1ccc([C@H](C)NC(=O)[C@@H](N)C(C)(C)C)cc1. The highest BCUT2D eigenvalue weighted by atomic mass is 16.5. The number of nitrogens with one attached hydrogen (secondary N) is 1. The van der Waals surface area contributed by atoms with Crippen LogP contribution in [0.2, 0.25) is 0 Å². The Kier molecular flexibility index (Phi) is 4.95. The van der Waals surface area contributed by atoms with E-state index in [0.29, 0.717) is 0 Å². The first kappa shape index (κ1) is 15.5. The topological polar surface area (TPSA) is 64.3 Å². The molecule has 2 atom stereocenters. The van der Waals surface area contributed by atoms with Crippen molar-refractivity contribution in [1.29, 1.82) is 0 Å². The second-order valence-corrected chi connectivity index (χ2v) is 5.85. The van der Waals surface area contributed by atoms with E-state index in [1.165, 1.54) is 0 Å². The molecular formula is C15H24N2O2. The minimum absolute atomic E-state index is 0.0770. The Balaban J connectivity index is 2.68. The minimum atomic E-state index is -0.520. The van der Waals surface area contributed by atoms with Crippen LogP contribution < -0.4 is 15.8 Å². The van der Waals surface area contributed by atoms with Gasteiger partial charge in [0.1, 0.15) is 5.75 Å². The van der Waals surface area contributed by atoms with Gasteiger partial charge in [-0.3, -0.25) is 4.79 Å². The van der Waals surface area contributed by atoms with Crippen LogP contribution in [0.25, 0.3) is 0 Å². The van der Waals surface area contributed by atoms with E-state index in [-0.39, 0.29) is 17.4 Å². The van der Waals surface area contributed by atoms with E-state index in [4.69, 9.17) is 10.5 Å². The molecule has 3 N–H and O–H groups in total. The molecule has 0 aliphatic carbocycles. The van der Waals surface area contributed by atoms with Crippen molar-refractivity contribution in [2.75, 3.05) is 7.11 Å². The first-order valence-electron chi connectivity index (χ1n) is 6.45. The summed E-state index contributed by atoms with van der Waals surface area (Å²) >= 11 is 0. The largest absolute Gasteiger partial charge is 0.497 e. The average molecular weight is 264 g/mol. The Labute approximate surface area is 115 Å². The number of methoxy groups -OCH3 is 1. The predicted molar refractivity (Wildman–Crippen MR) is 77.0 cm³/mol. The van der Waals surface area contributed by atoms with Gasteiger partial charge in [0.2, 0.25) is 5.91 Å². The third kappa shape index (κ3) is 4.24. The summed E-state index contributed by atoms with van der Waals surface area (Å²) in [7, 11) is 1.63. The number of carbonyl (C=O) groups is 1. The number of hydrogen-bond donors (Lipinski definition) is 2. The third-order valence-corrected chi connectivity index (χ3v) is 3.19. The molecule has 1 amide bonds. The number of nitrogens with two attached hydrogens (primary N) is 1. The lowest BCUT2D eigenvalue weighted by atomic mass is 9.86. The summed E-state index contributed by atoms with van der Waals surface area (Å²) in [6, 6.07) is 7.03. The van der Waals surface area contributed by atoms with Crippen molar-refractivity contribution in [3.8, 4) is 5.75 Å². The maximum Gasteiger partial charge on any atom is 0.237 e. The Bertz CT molecular complexity index is 421. The first-order chi connectivity index (χ1) is 8.75. The molecule has 0 fully saturated rings. The van der Waals surface area contributed by atoms with Gasteiger partial charge in [-0.25, -0.2) is 0 Å². The molecule has 0 radical (unpaired) electrons. The van der Waals surface area contributed by atoms with Gasteiger partial charge in [0, 0.05) is 0 Å². The van der Waals surface area contributed by atoms with Gasteiger partial charge in [0.15, 0.2) is 0 Å². The van der Waals surface area contributed by atoms with Crippen LogP contribution >= 0.6 is 0 Å². The zero-order valence-corrected chi connectivity index (χ0v) is 12.4. The number of ether oxygens (including phenoxy) is 1. The van der Waals surface area contributed by atoms with Gasteiger partial charge < -0.3 is 15.8 Å². The van der Waals surface area contributed by atoms with Crippen LogP contribution in [0, 0.1) is 5.41 Å². The van der Waals surface area contributed by atoms with Crippen molar-refractivity contribution in [3.05, 3.63) is 29.8 Å². The molecule has 0 bridgehead atoms. The van der Waals surface area contributed by atoms with Gasteiger partial charge in [0.05, 0.1) is 19.2 Å². The molecular weight excluding hydrogens is 240 g/mol. The number of rotatable bonds is 4. The summed E-state index contributed by atoms with van der Waals surface area (Å²) in [6.45, 7) is 7.80. The zero-order chi connectivity index (χ0) is 14.6. The van der Waals surface area contributed by atoms with Crippen molar-refractivity contribution >= 4 is 5.91 Å². The van der Waals surface area contributed by atoms with E-state index in [2.05, 4.69) is 5.32 Å². The van der Waals surface area contributed by atoms with Crippen molar-refractivity contribution in [2.24, 2.45) is 11.1 Å². The van der Waals surface area contributed by atoms with Gasteiger partial charge in [-0.15, -0.1) is 0 Å². The van der Waals surface area contributed by atoms with E-state index in [1.807, 2.05) is 52.0 Å². The van der Waals surface area contributed by atoms with Gasteiger partial charge in [-0.2, -0.15) is 0 Å². The van der Waals surface area contributed by atoms with Crippen LogP contribution in [-0.2, 0) is 4.79 Å². The van der Waals surface area contributed by atoms with Crippen LogP contribution in [0.5, 0.6) is 5.75 Å². The Morgan fingerprint density at radius 1 is 1.26 bits per heavy atom. The predicted octanol–water partition coefficient (Wildman–Crippen LogP) is 2.25. The van der Waals surface area contributed by atoms with E-state index in [1.54, 1.807) is 7.11 Å². The van der Waals surface area contributed by atoms with Crippen LogP contribution in [0.15, 0.2) is 24.3 Å². The van der Waals surface area contributed by atoms with Crippen molar-refractivity contribution < 1.29 is 9.53 Å². The lowest BCUT2D eigenvalue weighted by Gasteiger charge is -2.27. The number of hydrogen-bond acceptors (Lipinski definition) is 3. The van der Waals surface area contributed by atoms with Crippen molar-refractivity contribution in [3.63, 3.8) is 0 Å². The summed E-state index contributed by atoms with van der Waals surface area (Å²) in [4.78, 5) is 12.0. The first-order valence-corrected chi connectivity index (χ1v) is 6.45. The molecule has 4 heteroatoms. The van der Waals surface area contributed by atoms with Gasteiger partial charge in [-0.1, -0.05) is 32.9 Å². The summed E-state index contributed by atoms with van der Waals surface area (Å²) in [5.74, 6) is 0.671. The average Bonchev–Trinajstić information content (AvgIpc) is 2.36. The summed E-state index contributed by atoms with van der Waals surface area (Å²) < 4.78 is 5.11. The normalized spacial score (nSPS) is 14.6. The van der Waals surface area contributed by atoms with Gasteiger partial charge in [0.25, 0.3) is 0 Å². The molecule has 4 nitrogen and oxygen atoms in total. The van der Waals surface area contributed by atoms with Gasteiger partial charge >= 0.3 is 0 Å². The zero-order valence-electron chi connectivity index (χ0n) is 12.4. The second-order valence-electron chi connectivity index (χ2n) is 5.85. The van der Waals surface area contributed by atoms with E-state index >= 15 is 0 Å². The molecule has 0 aliphatic rings. The minimum Gasteiger partial charge on any atom is -0.497 e. The molecule has 106 valence electrons. The quantitative estimate of drug-likeness (QED) is 0.876. The molecule has 0 unspecified atom stereocenters. The van der Waals surface area contributed by atoms with Crippen LogP contribution in [-0.4, -0.2) is 19.1 Å². The fourth-order valence-corrected chi connectivity index (χ4v) is 1.67. The highest BCUT2D eigenvalue weighted by Gasteiger charge is 2.28. The second kappa shape index (κ2) is 6.06. The smallest absolute Gasteiger partial charge is 0.237 e. The molecule has 0 aliphatic heterocycles.